The van der Waals surface area contributed by atoms with Gasteiger partial charge in [-0.05, 0) is 45.3 Å². The third-order valence-electron chi connectivity index (χ3n) is 2.73. The van der Waals surface area contributed by atoms with E-state index in [4.69, 9.17) is 0 Å². The van der Waals surface area contributed by atoms with E-state index >= 15 is 0 Å². The van der Waals surface area contributed by atoms with Gasteiger partial charge in [-0.25, -0.2) is 4.79 Å². The van der Waals surface area contributed by atoms with Crippen LogP contribution in [0.5, 0.6) is 0 Å². The quantitative estimate of drug-likeness (QED) is 0.500. The number of nitrogens with zero attached hydrogens (tertiary/aromatic N) is 1. The molecule has 0 saturated heterocycles. The minimum absolute atomic E-state index is 0.437. The highest BCUT2D eigenvalue weighted by atomic mass is 16.1. The lowest BCUT2D eigenvalue weighted by molar-refractivity contribution is 0.540. The van der Waals surface area contributed by atoms with Crippen molar-refractivity contribution in [1.29, 1.82) is 0 Å². The van der Waals surface area contributed by atoms with E-state index < -0.39 is 5.54 Å². The summed E-state index contributed by atoms with van der Waals surface area (Å²) in [6, 6.07) is 0. The van der Waals surface area contributed by atoms with Crippen LogP contribution in [0.15, 0.2) is 39.9 Å². The zero-order valence-corrected chi connectivity index (χ0v) is 9.79. The molecule has 0 amide bonds. The molecule has 0 saturated carbocycles. The van der Waals surface area contributed by atoms with Crippen molar-refractivity contribution in [1.82, 2.24) is 0 Å². The zero-order chi connectivity index (χ0) is 11.5. The molecule has 15 heavy (non-hydrogen) atoms. The monoisotopic (exact) mass is 203 g/mol. The Bertz CT molecular complexity index is 387. The molecular formula is C13H17NO. The van der Waals surface area contributed by atoms with Crippen molar-refractivity contribution in [2.24, 2.45) is 4.99 Å². The number of hydrogen-bond acceptors (Lipinski definition) is 2. The number of rotatable bonds is 2. The molecule has 80 valence electrons. The molecule has 0 spiro atoms. The molecule has 0 aliphatic heterocycles. The standard InChI is InChI=1S/C13H17NO/c1-10(2)11-6-5-7-12(8-11)13(3,4)14-9-15/h5-7H,8H2,1-4H3. The van der Waals surface area contributed by atoms with Gasteiger partial charge in [-0.1, -0.05) is 23.8 Å². The topological polar surface area (TPSA) is 29.4 Å². The summed E-state index contributed by atoms with van der Waals surface area (Å²) in [5.41, 5.74) is 3.33. The first-order valence-electron chi connectivity index (χ1n) is 5.10. The molecule has 0 aromatic heterocycles. The highest BCUT2D eigenvalue weighted by Crippen LogP contribution is 2.30. The molecule has 0 N–H and O–H groups in total. The fourth-order valence-electron chi connectivity index (χ4n) is 1.55. The van der Waals surface area contributed by atoms with Gasteiger partial charge in [0.1, 0.15) is 0 Å². The summed E-state index contributed by atoms with van der Waals surface area (Å²) in [4.78, 5) is 14.2. The van der Waals surface area contributed by atoms with Crippen LogP contribution in [0.1, 0.15) is 34.1 Å². The van der Waals surface area contributed by atoms with Crippen LogP contribution in [0, 0.1) is 0 Å². The van der Waals surface area contributed by atoms with Crippen LogP contribution in [0.2, 0.25) is 0 Å². The molecule has 0 unspecified atom stereocenters. The van der Waals surface area contributed by atoms with E-state index in [1.54, 1.807) is 6.08 Å². The van der Waals surface area contributed by atoms with Gasteiger partial charge < -0.3 is 0 Å². The minimum Gasteiger partial charge on any atom is -0.211 e. The Morgan fingerprint density at radius 3 is 2.67 bits per heavy atom. The first kappa shape index (κ1) is 11.7. The van der Waals surface area contributed by atoms with Crippen molar-refractivity contribution in [3.8, 4) is 0 Å². The third-order valence-corrected chi connectivity index (χ3v) is 2.73. The smallest absolute Gasteiger partial charge is 0.211 e. The van der Waals surface area contributed by atoms with Crippen LogP contribution in [0.3, 0.4) is 0 Å². The van der Waals surface area contributed by atoms with E-state index in [-0.39, 0.29) is 0 Å². The molecule has 0 aromatic carbocycles. The van der Waals surface area contributed by atoms with Gasteiger partial charge in [-0.15, -0.1) is 0 Å². The molecule has 0 heterocycles. The van der Waals surface area contributed by atoms with Gasteiger partial charge in [0.2, 0.25) is 6.08 Å². The SMILES string of the molecule is CC(C)=C1C=CC=C(C(C)(C)N=C=O)C1. The highest BCUT2D eigenvalue weighted by Gasteiger charge is 2.23. The van der Waals surface area contributed by atoms with E-state index in [0.29, 0.717) is 0 Å². The molecular weight excluding hydrogens is 186 g/mol. The summed E-state index contributed by atoms with van der Waals surface area (Å²) < 4.78 is 0. The molecule has 0 radical (unpaired) electrons. The van der Waals surface area contributed by atoms with Crippen LogP contribution in [0.25, 0.3) is 0 Å². The van der Waals surface area contributed by atoms with Crippen LogP contribution in [-0.2, 0) is 4.79 Å². The van der Waals surface area contributed by atoms with Gasteiger partial charge in [0, 0.05) is 0 Å². The Balaban J connectivity index is 3.01. The van der Waals surface area contributed by atoms with E-state index in [9.17, 15) is 4.79 Å². The maximum atomic E-state index is 10.3. The number of hydrogen-bond donors (Lipinski definition) is 0. The van der Waals surface area contributed by atoms with Crippen molar-refractivity contribution in [2.75, 3.05) is 0 Å². The molecule has 0 aromatic rings. The highest BCUT2D eigenvalue weighted by molar-refractivity contribution is 5.43. The third kappa shape index (κ3) is 2.77. The van der Waals surface area contributed by atoms with Crippen molar-refractivity contribution in [2.45, 2.75) is 39.7 Å². The summed E-state index contributed by atoms with van der Waals surface area (Å²) in [5, 5.41) is 0. The Morgan fingerprint density at radius 2 is 2.13 bits per heavy atom. The van der Waals surface area contributed by atoms with Gasteiger partial charge in [0.05, 0.1) is 5.54 Å². The van der Waals surface area contributed by atoms with Crippen LogP contribution < -0.4 is 0 Å². The van der Waals surface area contributed by atoms with E-state index in [0.717, 1.165) is 12.0 Å². The lowest BCUT2D eigenvalue weighted by atomic mass is 9.85. The first-order chi connectivity index (χ1) is 6.97. The lowest BCUT2D eigenvalue weighted by Gasteiger charge is -2.24. The molecule has 0 bridgehead atoms. The largest absolute Gasteiger partial charge is 0.235 e. The predicted molar refractivity (Wildman–Crippen MR) is 62.4 cm³/mol. The van der Waals surface area contributed by atoms with Crippen LogP contribution in [0.4, 0.5) is 0 Å². The second-order valence-electron chi connectivity index (χ2n) is 4.52. The summed E-state index contributed by atoms with van der Waals surface area (Å²) in [6.07, 6.45) is 8.68. The first-order valence-corrected chi connectivity index (χ1v) is 5.10. The Kier molecular flexibility index (Phi) is 3.43. The van der Waals surface area contributed by atoms with Crippen LogP contribution >= 0.6 is 0 Å². The number of carbonyl (C=O) groups excluding carboxylic acids is 1. The van der Waals surface area contributed by atoms with Gasteiger partial charge in [-0.2, -0.15) is 4.99 Å². The molecule has 0 fully saturated rings. The van der Waals surface area contributed by atoms with Crippen molar-refractivity contribution in [3.05, 3.63) is 34.9 Å². The van der Waals surface area contributed by atoms with Gasteiger partial charge >= 0.3 is 0 Å². The maximum absolute atomic E-state index is 10.3. The molecule has 1 aliphatic carbocycles. The molecule has 2 heteroatoms. The summed E-state index contributed by atoms with van der Waals surface area (Å²) in [6.45, 7) is 8.06. The average Bonchev–Trinajstić information content (AvgIpc) is 2.18. The zero-order valence-electron chi connectivity index (χ0n) is 9.79. The number of isocyanates is 1. The number of allylic oxidation sites excluding steroid dienone is 5. The maximum Gasteiger partial charge on any atom is 0.235 e. The second kappa shape index (κ2) is 4.41. The molecule has 1 aliphatic rings. The fourth-order valence-corrected chi connectivity index (χ4v) is 1.55. The second-order valence-corrected chi connectivity index (χ2v) is 4.52. The van der Waals surface area contributed by atoms with Crippen molar-refractivity contribution >= 4 is 6.08 Å². The molecule has 1 rings (SSSR count). The van der Waals surface area contributed by atoms with E-state index in [1.807, 2.05) is 26.0 Å². The fraction of sp³-hybridized carbons (Fsp3) is 0.462. The summed E-state index contributed by atoms with van der Waals surface area (Å²) in [7, 11) is 0. The molecule has 2 nitrogen and oxygen atoms in total. The van der Waals surface area contributed by atoms with E-state index in [2.05, 4.69) is 24.9 Å². The Labute approximate surface area is 91.1 Å². The summed E-state index contributed by atoms with van der Waals surface area (Å²) in [5.74, 6) is 0. The predicted octanol–water partition coefficient (Wildman–Crippen LogP) is 3.32. The summed E-state index contributed by atoms with van der Waals surface area (Å²) >= 11 is 0. The molecule has 0 atom stereocenters. The number of aliphatic imine (C=N–C) groups is 1. The van der Waals surface area contributed by atoms with Gasteiger partial charge in [-0.3, -0.25) is 0 Å². The van der Waals surface area contributed by atoms with Crippen LogP contribution in [-0.4, -0.2) is 11.6 Å². The Hall–Kier alpha value is -1.40. The van der Waals surface area contributed by atoms with E-state index in [1.165, 1.54) is 11.1 Å². The van der Waals surface area contributed by atoms with Gasteiger partial charge in [0.25, 0.3) is 0 Å². The minimum atomic E-state index is -0.437. The average molecular weight is 203 g/mol. The Morgan fingerprint density at radius 1 is 1.47 bits per heavy atom. The van der Waals surface area contributed by atoms with Crippen molar-refractivity contribution in [3.63, 3.8) is 0 Å². The lowest BCUT2D eigenvalue weighted by Crippen LogP contribution is -2.21. The normalized spacial score (nSPS) is 15.7. The van der Waals surface area contributed by atoms with Crippen molar-refractivity contribution < 1.29 is 4.79 Å². The van der Waals surface area contributed by atoms with Gasteiger partial charge in [0.15, 0.2) is 0 Å².